The van der Waals surface area contributed by atoms with Gasteiger partial charge in [-0.15, -0.1) is 0 Å². The van der Waals surface area contributed by atoms with Crippen LogP contribution in [0.3, 0.4) is 0 Å². The molecule has 0 radical (unpaired) electrons. The second-order valence-electron chi connectivity index (χ2n) is 3.64. The highest BCUT2D eigenvalue weighted by Crippen LogP contribution is 2.39. The molecule has 19 heavy (non-hydrogen) atoms. The van der Waals surface area contributed by atoms with Crippen molar-refractivity contribution in [2.24, 2.45) is 0 Å². The Morgan fingerprint density at radius 3 is 2.21 bits per heavy atom. The number of rotatable bonds is 5. The van der Waals surface area contributed by atoms with E-state index in [9.17, 15) is 4.79 Å². The molecule has 0 unspecified atom stereocenters. The summed E-state index contributed by atoms with van der Waals surface area (Å²) in [5.41, 5.74) is 0.486. The Kier molecular flexibility index (Phi) is 3.97. The Bertz CT molecular complexity index is 544. The molecule has 0 amide bonds. The van der Waals surface area contributed by atoms with Crippen molar-refractivity contribution in [2.75, 3.05) is 14.2 Å². The number of hydrogen-bond donors (Lipinski definition) is 0. The van der Waals surface area contributed by atoms with Crippen LogP contribution in [0.4, 0.5) is 0 Å². The molecule has 5 heteroatoms. The van der Waals surface area contributed by atoms with Crippen molar-refractivity contribution >= 4 is 6.29 Å². The molecule has 0 fully saturated rings. The predicted octanol–water partition coefficient (Wildman–Crippen LogP) is 2.70. The minimum absolute atomic E-state index is 0.355. The summed E-state index contributed by atoms with van der Waals surface area (Å²) in [5, 5.41) is 0. The molecular formula is C14H13NO4. The average Bonchev–Trinajstić information content (AvgIpc) is 2.48. The topological polar surface area (TPSA) is 57.7 Å². The molecule has 0 aliphatic heterocycles. The van der Waals surface area contributed by atoms with Gasteiger partial charge in [0.1, 0.15) is 0 Å². The second kappa shape index (κ2) is 5.86. The fourth-order valence-electron chi connectivity index (χ4n) is 1.54. The van der Waals surface area contributed by atoms with E-state index in [0.29, 0.717) is 28.7 Å². The molecule has 0 bridgehead atoms. The summed E-state index contributed by atoms with van der Waals surface area (Å²) in [6.45, 7) is 0. The largest absolute Gasteiger partial charge is 0.493 e. The zero-order valence-electron chi connectivity index (χ0n) is 10.6. The number of aromatic nitrogens is 1. The van der Waals surface area contributed by atoms with Gasteiger partial charge in [-0.25, -0.2) is 4.98 Å². The van der Waals surface area contributed by atoms with E-state index in [1.165, 1.54) is 6.20 Å². The van der Waals surface area contributed by atoms with Crippen LogP contribution in [0, 0.1) is 0 Å². The second-order valence-corrected chi connectivity index (χ2v) is 3.64. The Morgan fingerprint density at radius 1 is 1.05 bits per heavy atom. The number of pyridine rings is 1. The third-order valence-electron chi connectivity index (χ3n) is 2.48. The van der Waals surface area contributed by atoms with Gasteiger partial charge in [-0.05, 0) is 18.2 Å². The molecule has 98 valence electrons. The summed E-state index contributed by atoms with van der Waals surface area (Å²) in [6, 6.07) is 8.55. The Morgan fingerprint density at radius 2 is 1.74 bits per heavy atom. The van der Waals surface area contributed by atoms with Crippen molar-refractivity contribution in [1.29, 1.82) is 0 Å². The van der Waals surface area contributed by atoms with Crippen LogP contribution >= 0.6 is 0 Å². The van der Waals surface area contributed by atoms with Gasteiger partial charge in [-0.3, -0.25) is 4.79 Å². The van der Waals surface area contributed by atoms with Crippen LogP contribution in [0.2, 0.25) is 0 Å². The lowest BCUT2D eigenvalue weighted by Crippen LogP contribution is -1.95. The maximum absolute atomic E-state index is 10.6. The molecule has 2 rings (SSSR count). The van der Waals surface area contributed by atoms with Gasteiger partial charge >= 0.3 is 0 Å². The summed E-state index contributed by atoms with van der Waals surface area (Å²) in [4.78, 5) is 14.6. The number of aldehydes is 1. The van der Waals surface area contributed by atoms with Crippen molar-refractivity contribution in [3.63, 3.8) is 0 Å². The van der Waals surface area contributed by atoms with E-state index in [0.717, 1.165) is 6.29 Å². The standard InChI is InChI=1S/C14H13NO4/c1-17-11-4-3-5-12(18-2)14(11)19-13-7-6-10(9-16)8-15-13/h3-9H,1-2H3. The average molecular weight is 259 g/mol. The van der Waals surface area contributed by atoms with E-state index in [1.807, 2.05) is 0 Å². The Hall–Kier alpha value is -2.56. The molecule has 1 aromatic carbocycles. The number of benzene rings is 1. The maximum Gasteiger partial charge on any atom is 0.219 e. The highest BCUT2D eigenvalue weighted by molar-refractivity contribution is 5.74. The van der Waals surface area contributed by atoms with Gasteiger partial charge in [-0.2, -0.15) is 0 Å². The van der Waals surface area contributed by atoms with Crippen LogP contribution in [-0.2, 0) is 0 Å². The van der Waals surface area contributed by atoms with E-state index in [1.54, 1.807) is 44.6 Å². The van der Waals surface area contributed by atoms with Crippen molar-refractivity contribution in [3.05, 3.63) is 42.1 Å². The summed E-state index contributed by atoms with van der Waals surface area (Å²) in [5.74, 6) is 1.88. The van der Waals surface area contributed by atoms with Gasteiger partial charge in [0.15, 0.2) is 17.8 Å². The monoisotopic (exact) mass is 259 g/mol. The predicted molar refractivity (Wildman–Crippen MR) is 69.2 cm³/mol. The van der Waals surface area contributed by atoms with Crippen LogP contribution in [0.1, 0.15) is 10.4 Å². The first-order valence-electron chi connectivity index (χ1n) is 5.58. The normalized spacial score (nSPS) is 9.79. The van der Waals surface area contributed by atoms with Gasteiger partial charge in [-0.1, -0.05) is 6.07 Å². The molecule has 0 saturated carbocycles. The van der Waals surface area contributed by atoms with E-state index >= 15 is 0 Å². The number of methoxy groups -OCH3 is 2. The van der Waals surface area contributed by atoms with E-state index in [2.05, 4.69) is 4.98 Å². The van der Waals surface area contributed by atoms with Crippen molar-refractivity contribution in [3.8, 4) is 23.1 Å². The van der Waals surface area contributed by atoms with Crippen LogP contribution < -0.4 is 14.2 Å². The van der Waals surface area contributed by atoms with Gasteiger partial charge in [0, 0.05) is 17.8 Å². The lowest BCUT2D eigenvalue weighted by Gasteiger charge is -2.12. The molecule has 1 heterocycles. The molecule has 0 spiro atoms. The lowest BCUT2D eigenvalue weighted by molar-refractivity contribution is 0.112. The van der Waals surface area contributed by atoms with Crippen LogP contribution in [0.5, 0.6) is 23.1 Å². The maximum atomic E-state index is 10.6. The molecule has 0 N–H and O–H groups in total. The zero-order valence-corrected chi connectivity index (χ0v) is 10.6. The number of ether oxygens (including phenoxy) is 3. The third kappa shape index (κ3) is 2.82. The SMILES string of the molecule is COc1cccc(OC)c1Oc1ccc(C=O)cn1. The fraction of sp³-hybridized carbons (Fsp3) is 0.143. The number of carbonyl (C=O) groups excluding carboxylic acids is 1. The van der Waals surface area contributed by atoms with Gasteiger partial charge in [0.2, 0.25) is 11.6 Å². The van der Waals surface area contributed by atoms with E-state index in [-0.39, 0.29) is 0 Å². The molecule has 2 aromatic rings. The summed E-state index contributed by atoms with van der Waals surface area (Å²) >= 11 is 0. The minimum atomic E-state index is 0.355. The summed E-state index contributed by atoms with van der Waals surface area (Å²) in [6.07, 6.45) is 2.16. The summed E-state index contributed by atoms with van der Waals surface area (Å²) in [7, 11) is 3.09. The Balaban J connectivity index is 2.33. The number of hydrogen-bond acceptors (Lipinski definition) is 5. The highest BCUT2D eigenvalue weighted by atomic mass is 16.5. The summed E-state index contributed by atoms with van der Waals surface area (Å²) < 4.78 is 16.1. The quantitative estimate of drug-likeness (QED) is 0.773. The van der Waals surface area contributed by atoms with Crippen molar-refractivity contribution < 1.29 is 19.0 Å². The van der Waals surface area contributed by atoms with Crippen LogP contribution in [-0.4, -0.2) is 25.5 Å². The fourth-order valence-corrected chi connectivity index (χ4v) is 1.54. The van der Waals surface area contributed by atoms with E-state index < -0.39 is 0 Å². The smallest absolute Gasteiger partial charge is 0.219 e. The molecule has 1 aromatic heterocycles. The third-order valence-corrected chi connectivity index (χ3v) is 2.48. The number of carbonyl (C=O) groups is 1. The van der Waals surface area contributed by atoms with Crippen LogP contribution in [0.25, 0.3) is 0 Å². The van der Waals surface area contributed by atoms with E-state index in [4.69, 9.17) is 14.2 Å². The molecular weight excluding hydrogens is 246 g/mol. The molecule has 5 nitrogen and oxygen atoms in total. The molecule has 0 atom stereocenters. The number of nitrogens with zero attached hydrogens (tertiary/aromatic N) is 1. The number of para-hydroxylation sites is 1. The molecule has 0 saturated heterocycles. The molecule has 0 aliphatic rings. The van der Waals surface area contributed by atoms with Crippen molar-refractivity contribution in [2.45, 2.75) is 0 Å². The van der Waals surface area contributed by atoms with Crippen molar-refractivity contribution in [1.82, 2.24) is 4.98 Å². The first-order chi connectivity index (χ1) is 9.28. The molecule has 0 aliphatic carbocycles. The first kappa shape index (κ1) is 12.9. The Labute approximate surface area is 110 Å². The first-order valence-corrected chi connectivity index (χ1v) is 5.58. The lowest BCUT2D eigenvalue weighted by atomic mass is 10.3. The van der Waals surface area contributed by atoms with Gasteiger partial charge in [0.05, 0.1) is 14.2 Å². The minimum Gasteiger partial charge on any atom is -0.493 e. The van der Waals surface area contributed by atoms with Gasteiger partial charge in [0.25, 0.3) is 0 Å². The van der Waals surface area contributed by atoms with Gasteiger partial charge < -0.3 is 14.2 Å². The highest BCUT2D eigenvalue weighted by Gasteiger charge is 2.12. The zero-order chi connectivity index (χ0) is 13.7. The van der Waals surface area contributed by atoms with Crippen LogP contribution in [0.15, 0.2) is 36.5 Å².